The van der Waals surface area contributed by atoms with Crippen LogP contribution in [0.4, 0.5) is 4.39 Å². The van der Waals surface area contributed by atoms with Gasteiger partial charge in [0, 0.05) is 22.9 Å². The predicted octanol–water partition coefficient (Wildman–Crippen LogP) is 3.90. The molecule has 156 valence electrons. The van der Waals surface area contributed by atoms with Gasteiger partial charge >= 0.3 is 0 Å². The average molecular weight is 435 g/mol. The lowest BCUT2D eigenvalue weighted by molar-refractivity contribution is -0.122. The number of thiophene rings is 1. The molecule has 0 aliphatic carbocycles. The first kappa shape index (κ1) is 19.4. The Labute approximate surface area is 180 Å². The normalized spacial score (nSPS) is 15.3. The highest BCUT2D eigenvalue weighted by atomic mass is 32.1. The molecule has 1 N–H and O–H groups in total. The molecule has 0 fully saturated rings. The van der Waals surface area contributed by atoms with Crippen molar-refractivity contribution in [3.63, 3.8) is 0 Å². The number of carbonyl (C=O) groups is 1. The van der Waals surface area contributed by atoms with E-state index < -0.39 is 0 Å². The fraction of sp³-hybridized carbons (Fsp3) is 0.174. The second kappa shape index (κ2) is 7.96. The molecule has 4 aromatic rings. The highest BCUT2D eigenvalue weighted by Crippen LogP contribution is 2.32. The van der Waals surface area contributed by atoms with Crippen LogP contribution in [0.2, 0.25) is 0 Å². The summed E-state index contributed by atoms with van der Waals surface area (Å²) >= 11 is 1.34. The number of halogens is 1. The Bertz CT molecular complexity index is 1330. The highest BCUT2D eigenvalue weighted by Gasteiger charge is 2.23. The third-order valence-corrected chi connectivity index (χ3v) is 6.21. The van der Waals surface area contributed by atoms with E-state index in [1.807, 2.05) is 29.6 Å². The second-order valence-electron chi connectivity index (χ2n) is 7.31. The first-order valence-corrected chi connectivity index (χ1v) is 10.7. The molecule has 0 unspecified atom stereocenters. The molecular formula is C23H18FN3O3S. The molecule has 8 heteroatoms. The van der Waals surface area contributed by atoms with Gasteiger partial charge in [-0.15, -0.1) is 11.3 Å². The molecule has 3 heterocycles. The molecule has 2 aromatic heterocycles. The molecule has 2 aromatic carbocycles. The van der Waals surface area contributed by atoms with E-state index in [0.29, 0.717) is 28.8 Å². The van der Waals surface area contributed by atoms with Crippen molar-refractivity contribution >= 4 is 27.5 Å². The molecular weight excluding hydrogens is 417 g/mol. The fourth-order valence-corrected chi connectivity index (χ4v) is 4.72. The maximum absolute atomic E-state index is 13.3. The number of ether oxygens (including phenoxy) is 1. The molecule has 6 nitrogen and oxygen atoms in total. The number of para-hydroxylation sites is 1. The Morgan fingerprint density at radius 2 is 2.03 bits per heavy atom. The van der Waals surface area contributed by atoms with Gasteiger partial charge in [-0.05, 0) is 23.8 Å². The van der Waals surface area contributed by atoms with Gasteiger partial charge in [0.05, 0.1) is 24.4 Å². The minimum atomic E-state index is -0.342. The summed E-state index contributed by atoms with van der Waals surface area (Å²) in [7, 11) is 0. The SMILES string of the molecule is O=C(Cn1cnc2scc(-c3ccc(F)cc3)c2c1=O)N[C@H]1CCOc2ccccc21. The monoisotopic (exact) mass is 435 g/mol. The number of hydrogen-bond acceptors (Lipinski definition) is 5. The minimum Gasteiger partial charge on any atom is -0.493 e. The van der Waals surface area contributed by atoms with Crippen LogP contribution in [0, 0.1) is 5.82 Å². The smallest absolute Gasteiger partial charge is 0.263 e. The number of hydrogen-bond donors (Lipinski definition) is 1. The highest BCUT2D eigenvalue weighted by molar-refractivity contribution is 7.17. The third-order valence-electron chi connectivity index (χ3n) is 5.32. The summed E-state index contributed by atoms with van der Waals surface area (Å²) in [5.41, 5.74) is 2.05. The summed E-state index contributed by atoms with van der Waals surface area (Å²) in [6.07, 6.45) is 2.06. The zero-order chi connectivity index (χ0) is 21.4. The number of amides is 1. The minimum absolute atomic E-state index is 0.139. The van der Waals surface area contributed by atoms with Crippen LogP contribution in [0.25, 0.3) is 21.3 Å². The molecule has 1 aliphatic rings. The Morgan fingerprint density at radius 1 is 1.23 bits per heavy atom. The topological polar surface area (TPSA) is 73.2 Å². The number of fused-ring (bicyclic) bond motifs is 2. The van der Waals surface area contributed by atoms with Crippen molar-refractivity contribution < 1.29 is 13.9 Å². The fourth-order valence-electron chi connectivity index (χ4n) is 3.81. The molecule has 0 saturated carbocycles. The second-order valence-corrected chi connectivity index (χ2v) is 8.17. The van der Waals surface area contributed by atoms with E-state index >= 15 is 0 Å². The van der Waals surface area contributed by atoms with E-state index in [0.717, 1.165) is 16.9 Å². The van der Waals surface area contributed by atoms with Crippen LogP contribution < -0.4 is 15.6 Å². The molecule has 1 amide bonds. The first-order chi connectivity index (χ1) is 15.1. The van der Waals surface area contributed by atoms with Crippen molar-refractivity contribution in [3.05, 3.63) is 82.0 Å². The lowest BCUT2D eigenvalue weighted by Crippen LogP contribution is -2.36. The summed E-state index contributed by atoms with van der Waals surface area (Å²) < 4.78 is 20.2. The maximum atomic E-state index is 13.3. The molecule has 0 radical (unpaired) electrons. The lowest BCUT2D eigenvalue weighted by Gasteiger charge is -2.26. The van der Waals surface area contributed by atoms with Crippen LogP contribution in [0.1, 0.15) is 18.0 Å². The first-order valence-electron chi connectivity index (χ1n) is 9.84. The quantitative estimate of drug-likeness (QED) is 0.528. The van der Waals surface area contributed by atoms with Crippen molar-refractivity contribution in [2.24, 2.45) is 0 Å². The van der Waals surface area contributed by atoms with Gasteiger partial charge in [0.25, 0.3) is 5.56 Å². The molecule has 0 spiro atoms. The molecule has 31 heavy (non-hydrogen) atoms. The molecule has 1 aliphatic heterocycles. The van der Waals surface area contributed by atoms with Gasteiger partial charge in [0.1, 0.15) is 22.9 Å². The van der Waals surface area contributed by atoms with Crippen LogP contribution >= 0.6 is 11.3 Å². The third kappa shape index (κ3) is 3.70. The van der Waals surface area contributed by atoms with Gasteiger partial charge in [-0.3, -0.25) is 14.2 Å². The Morgan fingerprint density at radius 3 is 2.87 bits per heavy atom. The molecule has 5 rings (SSSR count). The van der Waals surface area contributed by atoms with Crippen molar-refractivity contribution in [2.75, 3.05) is 6.61 Å². The zero-order valence-electron chi connectivity index (χ0n) is 16.4. The van der Waals surface area contributed by atoms with E-state index in [4.69, 9.17) is 4.74 Å². The largest absolute Gasteiger partial charge is 0.493 e. The lowest BCUT2D eigenvalue weighted by atomic mass is 10.0. The summed E-state index contributed by atoms with van der Waals surface area (Å²) in [5.74, 6) is 0.148. The number of nitrogens with zero attached hydrogens (tertiary/aromatic N) is 2. The summed E-state index contributed by atoms with van der Waals surface area (Å²) in [4.78, 5) is 30.8. The van der Waals surface area contributed by atoms with Crippen LogP contribution in [0.5, 0.6) is 5.75 Å². The zero-order valence-corrected chi connectivity index (χ0v) is 17.2. The van der Waals surface area contributed by atoms with E-state index in [9.17, 15) is 14.0 Å². The van der Waals surface area contributed by atoms with E-state index in [1.165, 1.54) is 34.4 Å². The molecule has 0 bridgehead atoms. The van der Waals surface area contributed by atoms with E-state index in [2.05, 4.69) is 10.3 Å². The maximum Gasteiger partial charge on any atom is 0.263 e. The Kier molecular flexibility index (Phi) is 4.99. The Hall–Kier alpha value is -3.52. The number of nitrogens with one attached hydrogen (secondary N) is 1. The number of rotatable bonds is 4. The summed E-state index contributed by atoms with van der Waals surface area (Å²) in [5, 5.41) is 5.26. The van der Waals surface area contributed by atoms with Crippen LogP contribution in [-0.2, 0) is 11.3 Å². The van der Waals surface area contributed by atoms with Gasteiger partial charge in [0.2, 0.25) is 5.91 Å². The van der Waals surface area contributed by atoms with Crippen LogP contribution in [0.15, 0.2) is 65.0 Å². The summed E-state index contributed by atoms with van der Waals surface area (Å²) in [6.45, 7) is 0.380. The van der Waals surface area contributed by atoms with Gasteiger partial charge in [-0.2, -0.15) is 0 Å². The van der Waals surface area contributed by atoms with E-state index in [-0.39, 0.29) is 29.9 Å². The van der Waals surface area contributed by atoms with Crippen LogP contribution in [0.3, 0.4) is 0 Å². The van der Waals surface area contributed by atoms with E-state index in [1.54, 1.807) is 12.1 Å². The predicted molar refractivity (Wildman–Crippen MR) is 117 cm³/mol. The van der Waals surface area contributed by atoms with Crippen LogP contribution in [-0.4, -0.2) is 22.1 Å². The van der Waals surface area contributed by atoms with Gasteiger partial charge in [-0.1, -0.05) is 30.3 Å². The van der Waals surface area contributed by atoms with Crippen molar-refractivity contribution in [1.82, 2.24) is 14.9 Å². The number of aromatic nitrogens is 2. The Balaban J connectivity index is 1.42. The molecule has 1 atom stereocenters. The van der Waals surface area contributed by atoms with Gasteiger partial charge in [-0.25, -0.2) is 9.37 Å². The standard InChI is InChI=1S/C23H18FN3O3S/c24-15-7-5-14(6-8-15)17-12-31-22-21(17)23(29)27(13-25-22)11-20(28)26-18-9-10-30-19-4-2-1-3-16(18)19/h1-8,12-13,18H,9-11H2,(H,26,28)/t18-/m0/s1. The summed E-state index contributed by atoms with van der Waals surface area (Å²) in [6, 6.07) is 13.4. The van der Waals surface area contributed by atoms with Crippen molar-refractivity contribution in [3.8, 4) is 16.9 Å². The number of carbonyl (C=O) groups excluding carboxylic acids is 1. The van der Waals surface area contributed by atoms with Gasteiger partial charge in [0.15, 0.2) is 0 Å². The average Bonchev–Trinajstić information content (AvgIpc) is 3.21. The van der Waals surface area contributed by atoms with Crippen molar-refractivity contribution in [1.29, 1.82) is 0 Å². The van der Waals surface area contributed by atoms with Crippen molar-refractivity contribution in [2.45, 2.75) is 19.0 Å². The number of benzene rings is 2. The van der Waals surface area contributed by atoms with Gasteiger partial charge < -0.3 is 10.1 Å². The molecule has 0 saturated heterocycles.